The van der Waals surface area contributed by atoms with Gasteiger partial charge in [-0.1, -0.05) is 48.0 Å². The average molecular weight is 353 g/mol. The van der Waals surface area contributed by atoms with E-state index >= 15 is 0 Å². The van der Waals surface area contributed by atoms with Gasteiger partial charge in [-0.25, -0.2) is 0 Å². The minimum absolute atomic E-state index is 0.0998. The number of rotatable bonds is 6. The molecule has 1 amide bonds. The van der Waals surface area contributed by atoms with Gasteiger partial charge in [-0.3, -0.25) is 4.79 Å². The van der Waals surface area contributed by atoms with Crippen molar-refractivity contribution in [3.63, 3.8) is 0 Å². The maximum absolute atomic E-state index is 12.9. The maximum atomic E-state index is 12.9. The van der Waals surface area contributed by atoms with E-state index < -0.39 is 0 Å². The fraction of sp³-hybridized carbons (Fsp3) is 0.588. The van der Waals surface area contributed by atoms with E-state index in [1.165, 1.54) is 5.56 Å². The first kappa shape index (κ1) is 16.5. The first-order valence-corrected chi connectivity index (χ1v) is 8.61. The molecule has 2 atom stereocenters. The summed E-state index contributed by atoms with van der Waals surface area (Å²) in [5.74, 6) is 0.873. The Labute approximate surface area is 136 Å². The Kier molecular flexibility index (Phi) is 5.82. The first-order chi connectivity index (χ1) is 10.1. The first-order valence-electron chi connectivity index (χ1n) is 7.81. The molecule has 2 rings (SSSR count). The average Bonchev–Trinajstić information content (AvgIpc) is 2.42. The number of carbonyl (C=O) groups is 1. The van der Waals surface area contributed by atoms with Crippen LogP contribution in [0.2, 0.25) is 0 Å². The molecule has 1 N–H and O–H groups in total. The lowest BCUT2D eigenvalue weighted by Gasteiger charge is -2.37. The van der Waals surface area contributed by atoms with Crippen molar-refractivity contribution in [3.8, 4) is 0 Å². The van der Waals surface area contributed by atoms with E-state index in [-0.39, 0.29) is 17.9 Å². The zero-order valence-corrected chi connectivity index (χ0v) is 14.7. The molecule has 1 aliphatic rings. The molecule has 2 unspecified atom stereocenters. The molecule has 0 radical (unpaired) electrons. The summed E-state index contributed by atoms with van der Waals surface area (Å²) in [5, 5.41) is 3.26. The second-order valence-electron chi connectivity index (χ2n) is 5.94. The van der Waals surface area contributed by atoms with Gasteiger partial charge in [0.25, 0.3) is 0 Å². The van der Waals surface area contributed by atoms with Crippen LogP contribution in [0.1, 0.15) is 38.8 Å². The Hall–Kier alpha value is -0.870. The SMILES string of the molecule is CCCN(C(=O)C(C)C1CNC1)C(C)c1ccccc1Br. The van der Waals surface area contributed by atoms with Crippen molar-refractivity contribution in [1.82, 2.24) is 10.2 Å². The number of carbonyl (C=O) groups excluding carboxylic acids is 1. The largest absolute Gasteiger partial charge is 0.336 e. The molecule has 1 aliphatic heterocycles. The third-order valence-corrected chi connectivity index (χ3v) is 5.20. The summed E-state index contributed by atoms with van der Waals surface area (Å²) < 4.78 is 1.07. The number of benzene rings is 1. The van der Waals surface area contributed by atoms with Crippen molar-refractivity contribution in [1.29, 1.82) is 0 Å². The molecular weight excluding hydrogens is 328 g/mol. The summed E-state index contributed by atoms with van der Waals surface area (Å²) in [6.07, 6.45) is 0.982. The van der Waals surface area contributed by atoms with Gasteiger partial charge in [-0.2, -0.15) is 0 Å². The van der Waals surface area contributed by atoms with Crippen LogP contribution in [0.25, 0.3) is 0 Å². The van der Waals surface area contributed by atoms with Crippen LogP contribution in [0.3, 0.4) is 0 Å². The van der Waals surface area contributed by atoms with E-state index in [4.69, 9.17) is 0 Å². The number of hydrogen-bond donors (Lipinski definition) is 1. The summed E-state index contributed by atoms with van der Waals surface area (Å²) >= 11 is 3.61. The lowest BCUT2D eigenvalue weighted by molar-refractivity contribution is -0.139. The predicted molar refractivity (Wildman–Crippen MR) is 90.1 cm³/mol. The van der Waals surface area contributed by atoms with Gasteiger partial charge in [-0.05, 0) is 44.0 Å². The van der Waals surface area contributed by atoms with E-state index in [1.54, 1.807) is 0 Å². The molecule has 21 heavy (non-hydrogen) atoms. The highest BCUT2D eigenvalue weighted by atomic mass is 79.9. The summed E-state index contributed by atoms with van der Waals surface area (Å²) in [6, 6.07) is 8.28. The van der Waals surface area contributed by atoms with Crippen molar-refractivity contribution in [2.24, 2.45) is 11.8 Å². The minimum Gasteiger partial charge on any atom is -0.336 e. The zero-order valence-electron chi connectivity index (χ0n) is 13.1. The predicted octanol–water partition coefficient (Wildman–Crippen LogP) is 3.60. The van der Waals surface area contributed by atoms with Gasteiger partial charge in [0, 0.05) is 16.9 Å². The molecule has 0 aromatic heterocycles. The highest BCUT2D eigenvalue weighted by Gasteiger charge is 2.33. The maximum Gasteiger partial charge on any atom is 0.226 e. The molecular formula is C17H25BrN2O. The normalized spacial score (nSPS) is 17.9. The van der Waals surface area contributed by atoms with Crippen LogP contribution < -0.4 is 5.32 Å². The molecule has 1 aromatic rings. The van der Waals surface area contributed by atoms with Crippen LogP contribution in [0, 0.1) is 11.8 Å². The molecule has 1 aromatic carbocycles. The van der Waals surface area contributed by atoms with E-state index in [2.05, 4.69) is 48.1 Å². The Balaban J connectivity index is 2.17. The standard InChI is InChI=1S/C17H25BrN2O/c1-4-9-20(17(21)12(2)14-10-19-11-14)13(3)15-7-5-6-8-16(15)18/h5-8,12-14,19H,4,9-11H2,1-3H3. The van der Waals surface area contributed by atoms with Crippen LogP contribution in [-0.4, -0.2) is 30.4 Å². The lowest BCUT2D eigenvalue weighted by atomic mass is 9.87. The van der Waals surface area contributed by atoms with Gasteiger partial charge in [0.05, 0.1) is 6.04 Å². The second-order valence-corrected chi connectivity index (χ2v) is 6.79. The van der Waals surface area contributed by atoms with Gasteiger partial charge < -0.3 is 10.2 Å². The summed E-state index contributed by atoms with van der Waals surface area (Å²) in [5.41, 5.74) is 1.18. The molecule has 1 saturated heterocycles. The van der Waals surface area contributed by atoms with Crippen LogP contribution in [-0.2, 0) is 4.79 Å². The summed E-state index contributed by atoms with van der Waals surface area (Å²) in [7, 11) is 0. The number of nitrogens with zero attached hydrogens (tertiary/aromatic N) is 1. The zero-order chi connectivity index (χ0) is 15.4. The molecule has 0 spiro atoms. The number of halogens is 1. The van der Waals surface area contributed by atoms with Crippen LogP contribution in [0.4, 0.5) is 0 Å². The Bertz CT molecular complexity index is 487. The number of amides is 1. The highest BCUT2D eigenvalue weighted by Crippen LogP contribution is 2.30. The molecule has 116 valence electrons. The monoisotopic (exact) mass is 352 g/mol. The van der Waals surface area contributed by atoms with Gasteiger partial charge in [0.15, 0.2) is 0 Å². The van der Waals surface area contributed by atoms with Crippen LogP contribution in [0.5, 0.6) is 0 Å². The molecule has 1 heterocycles. The molecule has 4 heteroatoms. The van der Waals surface area contributed by atoms with Gasteiger partial charge in [-0.15, -0.1) is 0 Å². The fourth-order valence-corrected chi connectivity index (χ4v) is 3.46. The molecule has 0 bridgehead atoms. The van der Waals surface area contributed by atoms with E-state index in [1.807, 2.05) is 23.1 Å². The molecule has 0 aliphatic carbocycles. The molecule has 3 nitrogen and oxygen atoms in total. The number of nitrogens with one attached hydrogen (secondary N) is 1. The van der Waals surface area contributed by atoms with Crippen molar-refractivity contribution >= 4 is 21.8 Å². The number of hydrogen-bond acceptors (Lipinski definition) is 2. The fourth-order valence-electron chi connectivity index (χ4n) is 2.85. The third kappa shape index (κ3) is 3.67. The van der Waals surface area contributed by atoms with Crippen molar-refractivity contribution in [3.05, 3.63) is 34.3 Å². The van der Waals surface area contributed by atoms with Crippen molar-refractivity contribution < 1.29 is 4.79 Å². The van der Waals surface area contributed by atoms with Gasteiger partial charge >= 0.3 is 0 Å². The Morgan fingerprint density at radius 2 is 2.05 bits per heavy atom. The summed E-state index contributed by atoms with van der Waals surface area (Å²) in [6.45, 7) is 9.07. The second kappa shape index (κ2) is 7.41. The smallest absolute Gasteiger partial charge is 0.226 e. The van der Waals surface area contributed by atoms with Crippen molar-refractivity contribution in [2.45, 2.75) is 33.2 Å². The topological polar surface area (TPSA) is 32.3 Å². The van der Waals surface area contributed by atoms with Crippen LogP contribution >= 0.6 is 15.9 Å². The quantitative estimate of drug-likeness (QED) is 0.848. The van der Waals surface area contributed by atoms with E-state index in [0.717, 1.165) is 30.5 Å². The summed E-state index contributed by atoms with van der Waals surface area (Å²) in [4.78, 5) is 14.9. The van der Waals surface area contributed by atoms with Crippen molar-refractivity contribution in [2.75, 3.05) is 19.6 Å². The molecule has 1 fully saturated rings. The van der Waals surface area contributed by atoms with Gasteiger partial charge in [0.1, 0.15) is 0 Å². The highest BCUT2D eigenvalue weighted by molar-refractivity contribution is 9.10. The lowest BCUT2D eigenvalue weighted by Crippen LogP contribution is -2.50. The van der Waals surface area contributed by atoms with E-state index in [9.17, 15) is 4.79 Å². The molecule has 0 saturated carbocycles. The minimum atomic E-state index is 0.0998. The van der Waals surface area contributed by atoms with E-state index in [0.29, 0.717) is 5.92 Å². The Morgan fingerprint density at radius 1 is 1.38 bits per heavy atom. The van der Waals surface area contributed by atoms with Crippen LogP contribution in [0.15, 0.2) is 28.7 Å². The van der Waals surface area contributed by atoms with Gasteiger partial charge in [0.2, 0.25) is 5.91 Å². The third-order valence-electron chi connectivity index (χ3n) is 4.48. The Morgan fingerprint density at radius 3 is 2.57 bits per heavy atom.